The zero-order chi connectivity index (χ0) is 14.4. The van der Waals surface area contributed by atoms with Gasteiger partial charge in [0.2, 0.25) is 0 Å². The third-order valence-corrected chi connectivity index (χ3v) is 5.62. The minimum Gasteiger partial charge on any atom is -0.315 e. The summed E-state index contributed by atoms with van der Waals surface area (Å²) in [5, 5.41) is 3.52. The van der Waals surface area contributed by atoms with Gasteiger partial charge < -0.3 is 15.1 Å². The number of hydrogen-bond donors (Lipinski definition) is 1. The summed E-state index contributed by atoms with van der Waals surface area (Å²) in [6.45, 7) is 11.2. The number of piperidine rings is 2. The molecule has 0 radical (unpaired) electrons. The Labute approximate surface area is 126 Å². The molecular weight excluding hydrogens is 246 g/mol. The molecule has 3 nitrogen and oxygen atoms in total. The van der Waals surface area contributed by atoms with Gasteiger partial charge in [-0.1, -0.05) is 26.7 Å². The van der Waals surface area contributed by atoms with E-state index in [0.717, 1.165) is 12.0 Å². The highest BCUT2D eigenvalue weighted by atomic mass is 15.2. The van der Waals surface area contributed by atoms with Gasteiger partial charge in [-0.3, -0.25) is 0 Å². The molecular formula is C17H35N3. The van der Waals surface area contributed by atoms with E-state index in [1.165, 1.54) is 71.2 Å². The second-order valence-corrected chi connectivity index (χ2v) is 6.91. The van der Waals surface area contributed by atoms with Crippen LogP contribution in [0, 0.1) is 5.92 Å². The summed E-state index contributed by atoms with van der Waals surface area (Å²) in [5.74, 6) is 0.778. The van der Waals surface area contributed by atoms with Gasteiger partial charge in [0.15, 0.2) is 0 Å². The highest BCUT2D eigenvalue weighted by Gasteiger charge is 2.27. The highest BCUT2D eigenvalue weighted by Crippen LogP contribution is 2.21. The predicted octanol–water partition coefficient (Wildman–Crippen LogP) is 2.57. The van der Waals surface area contributed by atoms with Gasteiger partial charge in [-0.15, -0.1) is 0 Å². The molecule has 0 bridgehead atoms. The zero-order valence-corrected chi connectivity index (χ0v) is 13.9. The van der Waals surface area contributed by atoms with E-state index >= 15 is 0 Å². The van der Waals surface area contributed by atoms with Crippen molar-refractivity contribution in [3.63, 3.8) is 0 Å². The van der Waals surface area contributed by atoms with E-state index in [9.17, 15) is 0 Å². The van der Waals surface area contributed by atoms with Crippen LogP contribution < -0.4 is 5.32 Å². The zero-order valence-electron chi connectivity index (χ0n) is 13.9. The molecule has 0 amide bonds. The Morgan fingerprint density at radius 2 is 1.70 bits per heavy atom. The van der Waals surface area contributed by atoms with Crippen molar-refractivity contribution in [2.45, 2.75) is 64.5 Å². The first-order chi connectivity index (χ1) is 9.74. The molecule has 0 spiro atoms. The van der Waals surface area contributed by atoms with Crippen molar-refractivity contribution in [2.24, 2.45) is 5.92 Å². The van der Waals surface area contributed by atoms with Crippen molar-refractivity contribution in [3.05, 3.63) is 0 Å². The van der Waals surface area contributed by atoms with Crippen LogP contribution in [-0.4, -0.2) is 61.7 Å². The van der Waals surface area contributed by atoms with E-state index in [4.69, 9.17) is 0 Å². The molecule has 0 aromatic rings. The van der Waals surface area contributed by atoms with Crippen LogP contribution in [0.2, 0.25) is 0 Å². The smallest absolute Gasteiger partial charge is 0.0217 e. The topological polar surface area (TPSA) is 18.5 Å². The van der Waals surface area contributed by atoms with Crippen molar-refractivity contribution >= 4 is 0 Å². The monoisotopic (exact) mass is 281 g/mol. The molecule has 2 heterocycles. The number of nitrogens with one attached hydrogen (secondary N) is 1. The van der Waals surface area contributed by atoms with Gasteiger partial charge >= 0.3 is 0 Å². The lowest BCUT2D eigenvalue weighted by Crippen LogP contribution is -2.50. The molecule has 1 N–H and O–H groups in total. The van der Waals surface area contributed by atoms with E-state index in [1.54, 1.807) is 0 Å². The number of nitrogens with zero attached hydrogens (tertiary/aromatic N) is 2. The van der Waals surface area contributed by atoms with Crippen LogP contribution in [0.15, 0.2) is 0 Å². The predicted molar refractivity (Wildman–Crippen MR) is 87.2 cm³/mol. The first-order valence-electron chi connectivity index (χ1n) is 8.88. The summed E-state index contributed by atoms with van der Waals surface area (Å²) in [5.41, 5.74) is 0. The summed E-state index contributed by atoms with van der Waals surface area (Å²) >= 11 is 0. The quantitative estimate of drug-likeness (QED) is 0.807. The maximum atomic E-state index is 3.52. The van der Waals surface area contributed by atoms with E-state index in [1.807, 2.05) is 0 Å². The molecule has 2 fully saturated rings. The average molecular weight is 281 g/mol. The highest BCUT2D eigenvalue weighted by molar-refractivity contribution is 4.84. The Balaban J connectivity index is 1.73. The molecule has 2 saturated heterocycles. The number of hydrogen-bond acceptors (Lipinski definition) is 3. The lowest BCUT2D eigenvalue weighted by Gasteiger charge is -2.41. The van der Waals surface area contributed by atoms with Crippen molar-refractivity contribution in [1.29, 1.82) is 0 Å². The molecule has 2 aliphatic heterocycles. The standard InChI is InChI=1S/C17H35N3/c1-4-15(2)17(18-3)14-19-12-8-16(9-13-19)20-10-6-5-7-11-20/h15-18H,4-14H2,1-3H3. The first kappa shape index (κ1) is 16.3. The fourth-order valence-corrected chi connectivity index (χ4v) is 3.87. The Bertz CT molecular complexity index is 255. The molecule has 20 heavy (non-hydrogen) atoms. The minimum absolute atomic E-state index is 0.659. The number of likely N-dealkylation sites (N-methyl/N-ethyl adjacent to an activating group) is 1. The molecule has 0 aliphatic carbocycles. The van der Waals surface area contributed by atoms with Gasteiger partial charge in [-0.05, 0) is 64.8 Å². The third-order valence-electron chi connectivity index (χ3n) is 5.62. The Kier molecular flexibility index (Phi) is 6.79. The molecule has 0 aromatic carbocycles. The Hall–Kier alpha value is -0.120. The van der Waals surface area contributed by atoms with Crippen molar-refractivity contribution in [2.75, 3.05) is 39.8 Å². The van der Waals surface area contributed by atoms with E-state index < -0.39 is 0 Å². The van der Waals surface area contributed by atoms with Gasteiger partial charge in [0, 0.05) is 18.6 Å². The fraction of sp³-hybridized carbons (Fsp3) is 1.00. The second-order valence-electron chi connectivity index (χ2n) is 6.91. The molecule has 3 heteroatoms. The summed E-state index contributed by atoms with van der Waals surface area (Å²) in [6, 6.07) is 1.54. The lowest BCUT2D eigenvalue weighted by atomic mass is 9.96. The van der Waals surface area contributed by atoms with Crippen LogP contribution in [0.5, 0.6) is 0 Å². The van der Waals surface area contributed by atoms with Gasteiger partial charge in [0.1, 0.15) is 0 Å². The van der Waals surface area contributed by atoms with Crippen molar-refractivity contribution < 1.29 is 0 Å². The van der Waals surface area contributed by atoms with Gasteiger partial charge in [-0.2, -0.15) is 0 Å². The molecule has 2 aliphatic rings. The van der Waals surface area contributed by atoms with Crippen LogP contribution in [0.4, 0.5) is 0 Å². The van der Waals surface area contributed by atoms with Crippen molar-refractivity contribution in [1.82, 2.24) is 15.1 Å². The average Bonchev–Trinajstić information content (AvgIpc) is 2.53. The van der Waals surface area contributed by atoms with Gasteiger partial charge in [-0.25, -0.2) is 0 Å². The fourth-order valence-electron chi connectivity index (χ4n) is 3.87. The molecule has 0 aromatic heterocycles. The van der Waals surface area contributed by atoms with Gasteiger partial charge in [0.25, 0.3) is 0 Å². The van der Waals surface area contributed by atoms with Crippen LogP contribution in [0.1, 0.15) is 52.4 Å². The molecule has 118 valence electrons. The van der Waals surface area contributed by atoms with Crippen LogP contribution >= 0.6 is 0 Å². The van der Waals surface area contributed by atoms with E-state index in [-0.39, 0.29) is 0 Å². The van der Waals surface area contributed by atoms with Gasteiger partial charge in [0.05, 0.1) is 0 Å². The molecule has 2 atom stereocenters. The first-order valence-corrected chi connectivity index (χ1v) is 8.88. The van der Waals surface area contributed by atoms with Crippen molar-refractivity contribution in [3.8, 4) is 0 Å². The van der Waals surface area contributed by atoms with Crippen LogP contribution in [-0.2, 0) is 0 Å². The SMILES string of the molecule is CCC(C)C(CN1CCC(N2CCCCC2)CC1)NC. The van der Waals surface area contributed by atoms with Crippen LogP contribution in [0.25, 0.3) is 0 Å². The largest absolute Gasteiger partial charge is 0.315 e. The number of rotatable bonds is 6. The third kappa shape index (κ3) is 4.44. The summed E-state index contributed by atoms with van der Waals surface area (Å²) in [7, 11) is 2.12. The summed E-state index contributed by atoms with van der Waals surface area (Å²) in [4.78, 5) is 5.46. The minimum atomic E-state index is 0.659. The second kappa shape index (κ2) is 8.35. The molecule has 0 saturated carbocycles. The lowest BCUT2D eigenvalue weighted by molar-refractivity contribution is 0.0849. The maximum absolute atomic E-state index is 3.52. The Morgan fingerprint density at radius 3 is 2.25 bits per heavy atom. The Morgan fingerprint density at radius 1 is 1.05 bits per heavy atom. The van der Waals surface area contributed by atoms with E-state index in [0.29, 0.717) is 6.04 Å². The maximum Gasteiger partial charge on any atom is 0.0217 e. The summed E-state index contributed by atoms with van der Waals surface area (Å²) < 4.78 is 0. The molecule has 2 rings (SSSR count). The molecule has 2 unspecified atom stereocenters. The van der Waals surface area contributed by atoms with E-state index in [2.05, 4.69) is 36.0 Å². The normalized spacial score (nSPS) is 26.6. The summed E-state index contributed by atoms with van der Waals surface area (Å²) in [6.07, 6.45) is 8.35. The number of likely N-dealkylation sites (tertiary alicyclic amines) is 2. The van der Waals surface area contributed by atoms with Crippen LogP contribution in [0.3, 0.4) is 0 Å².